The molecule has 11 aromatic rings. The number of benzene rings is 9. The Morgan fingerprint density at radius 3 is 1.54 bits per heavy atom. The molecule has 9 aromatic carbocycles. The molecule has 0 saturated heterocycles. The Bertz CT molecular complexity index is 3240. The molecule has 4 heteroatoms. The Labute approximate surface area is 330 Å². The van der Waals surface area contributed by atoms with Gasteiger partial charge in [0, 0.05) is 21.9 Å². The van der Waals surface area contributed by atoms with Crippen molar-refractivity contribution >= 4 is 43.4 Å². The molecule has 0 saturated carbocycles. The molecule has 266 valence electrons. The van der Waals surface area contributed by atoms with Crippen molar-refractivity contribution in [1.82, 2.24) is 19.5 Å². The number of nitrogens with zero attached hydrogens (tertiary/aromatic N) is 4. The molecule has 4 nitrogen and oxygen atoms in total. The van der Waals surface area contributed by atoms with Crippen LogP contribution in [0.4, 0.5) is 0 Å². The van der Waals surface area contributed by atoms with Crippen LogP contribution in [0.3, 0.4) is 0 Å². The van der Waals surface area contributed by atoms with Crippen LogP contribution in [-0.2, 0) is 0 Å². The Morgan fingerprint density at radius 2 is 0.825 bits per heavy atom. The van der Waals surface area contributed by atoms with Crippen molar-refractivity contribution in [3.05, 3.63) is 206 Å². The van der Waals surface area contributed by atoms with E-state index in [-0.39, 0.29) is 0 Å². The van der Waals surface area contributed by atoms with E-state index in [9.17, 15) is 0 Å². The second-order valence-corrected chi connectivity index (χ2v) is 14.4. The lowest BCUT2D eigenvalue weighted by Crippen LogP contribution is -2.05. The van der Waals surface area contributed by atoms with Crippen LogP contribution in [0.5, 0.6) is 0 Å². The van der Waals surface area contributed by atoms with Crippen molar-refractivity contribution < 1.29 is 0 Å². The van der Waals surface area contributed by atoms with E-state index < -0.39 is 0 Å². The fourth-order valence-electron chi connectivity index (χ4n) is 8.35. The van der Waals surface area contributed by atoms with Crippen molar-refractivity contribution in [1.29, 1.82) is 0 Å². The predicted molar refractivity (Wildman–Crippen MR) is 236 cm³/mol. The standard InChI is InChI=1S/C53H34N4/c1-3-16-35(17-4-1)39-22-15-23-41(33-39)52-54-51(37-19-5-2-6-20-37)55-53(56-52)50-45-27-10-9-24-42(45)46(40-31-30-36-18-7-8-21-38(36)32-40)34-49(50)57-47-28-13-11-25-43(47)44-26-12-14-29-48(44)57/h1-34H. The zero-order chi connectivity index (χ0) is 37.7. The minimum absolute atomic E-state index is 0.613. The highest BCUT2D eigenvalue weighted by Crippen LogP contribution is 2.44. The van der Waals surface area contributed by atoms with Gasteiger partial charge in [0.1, 0.15) is 0 Å². The van der Waals surface area contributed by atoms with Gasteiger partial charge in [-0.25, -0.2) is 15.0 Å². The molecule has 0 radical (unpaired) electrons. The summed E-state index contributed by atoms with van der Waals surface area (Å²) in [6, 6.07) is 72.9. The van der Waals surface area contributed by atoms with Crippen LogP contribution in [-0.4, -0.2) is 19.5 Å². The fourth-order valence-corrected chi connectivity index (χ4v) is 8.35. The Morgan fingerprint density at radius 1 is 0.298 bits per heavy atom. The summed E-state index contributed by atoms with van der Waals surface area (Å²) in [5.41, 5.74) is 10.6. The molecule has 0 spiro atoms. The van der Waals surface area contributed by atoms with Crippen molar-refractivity contribution in [2.45, 2.75) is 0 Å². The van der Waals surface area contributed by atoms with Crippen molar-refractivity contribution in [3.8, 4) is 62.1 Å². The summed E-state index contributed by atoms with van der Waals surface area (Å²) in [4.78, 5) is 16.0. The Balaban J connectivity index is 1.26. The molecule has 0 unspecified atom stereocenters. The van der Waals surface area contributed by atoms with Crippen molar-refractivity contribution in [2.75, 3.05) is 0 Å². The van der Waals surface area contributed by atoms with E-state index in [2.05, 4.69) is 187 Å². The van der Waals surface area contributed by atoms with Crippen LogP contribution in [0.25, 0.3) is 105 Å². The van der Waals surface area contributed by atoms with E-state index in [1.54, 1.807) is 0 Å². The maximum Gasteiger partial charge on any atom is 0.166 e. The van der Waals surface area contributed by atoms with Gasteiger partial charge in [0.05, 0.1) is 22.3 Å². The third-order valence-electron chi connectivity index (χ3n) is 11.0. The molecular weight excluding hydrogens is 693 g/mol. The highest BCUT2D eigenvalue weighted by molar-refractivity contribution is 6.13. The maximum atomic E-state index is 5.42. The average molecular weight is 727 g/mol. The lowest BCUT2D eigenvalue weighted by molar-refractivity contribution is 1.07. The smallest absolute Gasteiger partial charge is 0.166 e. The van der Waals surface area contributed by atoms with Gasteiger partial charge < -0.3 is 4.57 Å². The van der Waals surface area contributed by atoms with Gasteiger partial charge in [0.25, 0.3) is 0 Å². The first-order valence-corrected chi connectivity index (χ1v) is 19.3. The van der Waals surface area contributed by atoms with Crippen LogP contribution < -0.4 is 0 Å². The third kappa shape index (κ3) is 5.66. The van der Waals surface area contributed by atoms with Crippen LogP contribution >= 0.6 is 0 Å². The quantitative estimate of drug-likeness (QED) is 0.171. The molecule has 0 aliphatic heterocycles. The van der Waals surface area contributed by atoms with E-state index in [1.165, 1.54) is 21.5 Å². The van der Waals surface area contributed by atoms with Crippen LogP contribution in [0.1, 0.15) is 0 Å². The van der Waals surface area contributed by atoms with Gasteiger partial charge in [-0.05, 0) is 74.1 Å². The van der Waals surface area contributed by atoms with Gasteiger partial charge in [0.15, 0.2) is 17.5 Å². The zero-order valence-electron chi connectivity index (χ0n) is 30.9. The molecule has 11 rings (SSSR count). The second-order valence-electron chi connectivity index (χ2n) is 14.4. The highest BCUT2D eigenvalue weighted by atomic mass is 15.1. The fraction of sp³-hybridized carbons (Fsp3) is 0. The number of fused-ring (bicyclic) bond motifs is 5. The minimum atomic E-state index is 0.613. The molecule has 2 heterocycles. The number of rotatable bonds is 6. The first-order valence-electron chi connectivity index (χ1n) is 19.3. The molecule has 57 heavy (non-hydrogen) atoms. The second kappa shape index (κ2) is 13.6. The van der Waals surface area contributed by atoms with Crippen molar-refractivity contribution in [3.63, 3.8) is 0 Å². The highest BCUT2D eigenvalue weighted by Gasteiger charge is 2.24. The molecule has 2 aromatic heterocycles. The van der Waals surface area contributed by atoms with Crippen LogP contribution in [0.2, 0.25) is 0 Å². The van der Waals surface area contributed by atoms with Gasteiger partial charge in [-0.1, -0.05) is 176 Å². The van der Waals surface area contributed by atoms with Gasteiger partial charge in [-0.2, -0.15) is 0 Å². The Kier molecular flexibility index (Phi) is 7.78. The Hall–Kier alpha value is -7.69. The van der Waals surface area contributed by atoms with Gasteiger partial charge >= 0.3 is 0 Å². The topological polar surface area (TPSA) is 43.6 Å². The lowest BCUT2D eigenvalue weighted by Gasteiger charge is -2.20. The molecule has 0 aliphatic carbocycles. The SMILES string of the molecule is c1ccc(-c2cccc(-c3nc(-c4ccccc4)nc(-c4c(-n5c6ccccc6c6ccccc65)cc(-c5ccc6ccccc6c5)c5ccccc45)n3)c2)cc1. The predicted octanol–water partition coefficient (Wildman–Crippen LogP) is 13.6. The number of hydrogen-bond donors (Lipinski definition) is 0. The van der Waals surface area contributed by atoms with Gasteiger partial charge in [-0.15, -0.1) is 0 Å². The van der Waals surface area contributed by atoms with E-state index in [1.807, 2.05) is 24.3 Å². The molecule has 0 aliphatic rings. The summed E-state index contributed by atoms with van der Waals surface area (Å²) >= 11 is 0. The third-order valence-corrected chi connectivity index (χ3v) is 11.0. The van der Waals surface area contributed by atoms with Gasteiger partial charge in [-0.3, -0.25) is 0 Å². The van der Waals surface area contributed by atoms with Crippen molar-refractivity contribution in [2.24, 2.45) is 0 Å². The van der Waals surface area contributed by atoms with E-state index in [4.69, 9.17) is 15.0 Å². The number of para-hydroxylation sites is 2. The monoisotopic (exact) mass is 726 g/mol. The summed E-state index contributed by atoms with van der Waals surface area (Å²) in [6.07, 6.45) is 0. The minimum Gasteiger partial charge on any atom is -0.308 e. The van der Waals surface area contributed by atoms with Gasteiger partial charge in [0.2, 0.25) is 0 Å². The maximum absolute atomic E-state index is 5.42. The lowest BCUT2D eigenvalue weighted by atomic mass is 9.91. The molecule has 0 bridgehead atoms. The average Bonchev–Trinajstić information content (AvgIpc) is 3.63. The van der Waals surface area contributed by atoms with Crippen LogP contribution in [0.15, 0.2) is 206 Å². The summed E-state index contributed by atoms with van der Waals surface area (Å²) in [6.45, 7) is 0. The zero-order valence-corrected chi connectivity index (χ0v) is 30.9. The van der Waals surface area contributed by atoms with E-state index in [0.29, 0.717) is 17.5 Å². The van der Waals surface area contributed by atoms with E-state index in [0.717, 1.165) is 66.4 Å². The molecule has 0 N–H and O–H groups in total. The number of hydrogen-bond acceptors (Lipinski definition) is 3. The first-order chi connectivity index (χ1) is 28.3. The van der Waals surface area contributed by atoms with E-state index >= 15 is 0 Å². The summed E-state index contributed by atoms with van der Waals surface area (Å²) in [5, 5.41) is 6.99. The molecule has 0 fully saturated rings. The number of aromatic nitrogens is 4. The normalized spacial score (nSPS) is 11.5. The molecule has 0 atom stereocenters. The largest absolute Gasteiger partial charge is 0.308 e. The molecular formula is C53H34N4. The summed E-state index contributed by atoms with van der Waals surface area (Å²) < 4.78 is 2.40. The summed E-state index contributed by atoms with van der Waals surface area (Å²) in [7, 11) is 0. The summed E-state index contributed by atoms with van der Waals surface area (Å²) in [5.74, 6) is 1.85. The van der Waals surface area contributed by atoms with Crippen LogP contribution in [0, 0.1) is 0 Å². The molecule has 0 amide bonds. The first kappa shape index (κ1) is 32.7.